The maximum Gasteiger partial charge on any atom is 0.255 e. The lowest BCUT2D eigenvalue weighted by molar-refractivity contribution is 0.00279. The molecule has 1 spiro atoms. The van der Waals surface area contributed by atoms with E-state index < -0.39 is 0 Å². The highest BCUT2D eigenvalue weighted by Crippen LogP contribution is 2.54. The molecule has 4 atom stereocenters. The lowest BCUT2D eigenvalue weighted by Crippen LogP contribution is -2.42. The Kier molecular flexibility index (Phi) is 4.65. The maximum absolute atomic E-state index is 12.8. The summed E-state index contributed by atoms with van der Waals surface area (Å²) in [4.78, 5) is 21.5. The summed E-state index contributed by atoms with van der Waals surface area (Å²) < 4.78 is 6.46. The van der Waals surface area contributed by atoms with Crippen molar-refractivity contribution in [2.75, 3.05) is 45.2 Å². The molecule has 3 fully saturated rings. The highest BCUT2D eigenvalue weighted by Gasteiger charge is 2.62. The second kappa shape index (κ2) is 6.82. The van der Waals surface area contributed by atoms with Crippen LogP contribution in [0.25, 0.3) is 0 Å². The molecule has 26 heavy (non-hydrogen) atoms. The standard InChI is InChI=1S/C20H30N4O2/c1-4-10-24-12-16-15(17-7-8-20(16,13-24)26-17)11-22-19(25)14-6-5-9-21-18(14)23(2)3/h5-6,9,15-17H,4,7-8,10-13H2,1-3H3,(H,22,25)/t15-,16+,17+,20+/m0/s1. The Hall–Kier alpha value is -1.66. The molecule has 3 aliphatic heterocycles. The molecule has 2 bridgehead atoms. The first-order chi connectivity index (χ1) is 12.5. The molecule has 6 heteroatoms. The van der Waals surface area contributed by atoms with Gasteiger partial charge in [0.15, 0.2) is 0 Å². The van der Waals surface area contributed by atoms with Gasteiger partial charge in [0, 0.05) is 51.8 Å². The topological polar surface area (TPSA) is 57.7 Å². The van der Waals surface area contributed by atoms with Crippen molar-refractivity contribution < 1.29 is 9.53 Å². The van der Waals surface area contributed by atoms with Crippen LogP contribution in [-0.4, -0.2) is 67.8 Å². The minimum atomic E-state index is -0.0398. The van der Waals surface area contributed by atoms with E-state index in [1.54, 1.807) is 6.20 Å². The van der Waals surface area contributed by atoms with Crippen LogP contribution in [0, 0.1) is 11.8 Å². The number of nitrogens with one attached hydrogen (secondary N) is 1. The number of anilines is 1. The zero-order chi connectivity index (χ0) is 18.3. The number of carbonyl (C=O) groups excluding carboxylic acids is 1. The second-order valence-electron chi connectivity index (χ2n) is 8.24. The minimum absolute atomic E-state index is 0.0398. The fraction of sp³-hybridized carbons (Fsp3) is 0.700. The van der Waals surface area contributed by atoms with Crippen LogP contribution in [-0.2, 0) is 4.74 Å². The van der Waals surface area contributed by atoms with Crippen molar-refractivity contribution >= 4 is 11.7 Å². The molecule has 4 rings (SSSR count). The van der Waals surface area contributed by atoms with E-state index in [4.69, 9.17) is 4.74 Å². The largest absolute Gasteiger partial charge is 0.370 e. The molecule has 0 unspecified atom stereocenters. The van der Waals surface area contributed by atoms with Gasteiger partial charge in [-0.15, -0.1) is 0 Å². The average molecular weight is 358 g/mol. The summed E-state index contributed by atoms with van der Waals surface area (Å²) in [6, 6.07) is 3.66. The Morgan fingerprint density at radius 3 is 3.12 bits per heavy atom. The molecule has 3 saturated heterocycles. The Morgan fingerprint density at radius 2 is 2.35 bits per heavy atom. The Bertz CT molecular complexity index is 680. The predicted octanol–water partition coefficient (Wildman–Crippen LogP) is 1.77. The van der Waals surface area contributed by atoms with Crippen LogP contribution in [0.5, 0.6) is 0 Å². The van der Waals surface area contributed by atoms with Crippen molar-refractivity contribution in [3.05, 3.63) is 23.9 Å². The fourth-order valence-corrected chi connectivity index (χ4v) is 5.28. The third-order valence-corrected chi connectivity index (χ3v) is 6.35. The van der Waals surface area contributed by atoms with Gasteiger partial charge in [0.25, 0.3) is 5.91 Å². The van der Waals surface area contributed by atoms with Gasteiger partial charge in [-0.05, 0) is 37.9 Å². The highest BCUT2D eigenvalue weighted by molar-refractivity contribution is 5.98. The summed E-state index contributed by atoms with van der Waals surface area (Å²) in [6.45, 7) is 6.25. The number of amides is 1. The monoisotopic (exact) mass is 358 g/mol. The number of likely N-dealkylation sites (tertiary alicyclic amines) is 1. The smallest absolute Gasteiger partial charge is 0.255 e. The molecule has 1 N–H and O–H groups in total. The Morgan fingerprint density at radius 1 is 1.50 bits per heavy atom. The van der Waals surface area contributed by atoms with Crippen LogP contribution < -0.4 is 10.2 Å². The number of hydrogen-bond donors (Lipinski definition) is 1. The average Bonchev–Trinajstić information content (AvgIpc) is 3.28. The van der Waals surface area contributed by atoms with Gasteiger partial charge in [-0.2, -0.15) is 0 Å². The van der Waals surface area contributed by atoms with Crippen molar-refractivity contribution in [1.29, 1.82) is 0 Å². The van der Waals surface area contributed by atoms with Crippen molar-refractivity contribution in [1.82, 2.24) is 15.2 Å². The van der Waals surface area contributed by atoms with Gasteiger partial charge in [0.1, 0.15) is 5.82 Å². The Labute approximate surface area is 155 Å². The number of carbonyl (C=O) groups is 1. The van der Waals surface area contributed by atoms with Crippen LogP contribution in [0.2, 0.25) is 0 Å². The molecule has 3 aliphatic rings. The molecule has 0 aromatic carbocycles. The summed E-state index contributed by atoms with van der Waals surface area (Å²) >= 11 is 0. The first-order valence-electron chi connectivity index (χ1n) is 9.85. The molecule has 0 radical (unpaired) electrons. The Balaban J connectivity index is 1.43. The molecule has 4 heterocycles. The van der Waals surface area contributed by atoms with Gasteiger partial charge < -0.3 is 19.9 Å². The van der Waals surface area contributed by atoms with E-state index in [1.165, 1.54) is 12.8 Å². The number of hydrogen-bond acceptors (Lipinski definition) is 5. The lowest BCUT2D eigenvalue weighted by Gasteiger charge is -2.29. The van der Waals surface area contributed by atoms with E-state index in [2.05, 4.69) is 22.1 Å². The van der Waals surface area contributed by atoms with Gasteiger partial charge in [0.05, 0.1) is 17.3 Å². The molecule has 1 amide bonds. The number of rotatable bonds is 6. The number of nitrogens with zero attached hydrogens (tertiary/aromatic N) is 3. The van der Waals surface area contributed by atoms with Crippen molar-refractivity contribution in [3.8, 4) is 0 Å². The zero-order valence-corrected chi connectivity index (χ0v) is 16.1. The van der Waals surface area contributed by atoms with Gasteiger partial charge in [-0.1, -0.05) is 6.92 Å². The van der Waals surface area contributed by atoms with Gasteiger partial charge in [-0.3, -0.25) is 4.79 Å². The number of pyridine rings is 1. The molecular weight excluding hydrogens is 328 g/mol. The summed E-state index contributed by atoms with van der Waals surface area (Å²) in [6.07, 6.45) is 5.53. The van der Waals surface area contributed by atoms with Crippen molar-refractivity contribution in [3.63, 3.8) is 0 Å². The summed E-state index contributed by atoms with van der Waals surface area (Å²) in [5.41, 5.74) is 0.688. The van der Waals surface area contributed by atoms with E-state index in [0.29, 0.717) is 35.9 Å². The zero-order valence-electron chi connectivity index (χ0n) is 16.1. The molecule has 6 nitrogen and oxygen atoms in total. The van der Waals surface area contributed by atoms with Gasteiger partial charge in [-0.25, -0.2) is 4.98 Å². The third-order valence-electron chi connectivity index (χ3n) is 6.35. The summed E-state index contributed by atoms with van der Waals surface area (Å²) in [7, 11) is 3.82. The van der Waals surface area contributed by atoms with Gasteiger partial charge >= 0.3 is 0 Å². The van der Waals surface area contributed by atoms with Crippen LogP contribution in [0.1, 0.15) is 36.5 Å². The molecule has 0 saturated carbocycles. The van der Waals surface area contributed by atoms with Crippen LogP contribution in [0.4, 0.5) is 5.82 Å². The number of ether oxygens (including phenoxy) is 1. The quantitative estimate of drug-likeness (QED) is 0.840. The van der Waals surface area contributed by atoms with Crippen molar-refractivity contribution in [2.45, 2.75) is 37.9 Å². The lowest BCUT2D eigenvalue weighted by atomic mass is 9.73. The van der Waals surface area contributed by atoms with Gasteiger partial charge in [0.2, 0.25) is 0 Å². The van der Waals surface area contributed by atoms with E-state index in [1.807, 2.05) is 31.1 Å². The van der Waals surface area contributed by atoms with Crippen LogP contribution in [0.3, 0.4) is 0 Å². The van der Waals surface area contributed by atoms with E-state index in [9.17, 15) is 4.79 Å². The van der Waals surface area contributed by atoms with Crippen LogP contribution in [0.15, 0.2) is 18.3 Å². The normalized spacial score (nSPS) is 32.7. The molecule has 1 aromatic heterocycles. The first-order valence-corrected chi connectivity index (χ1v) is 9.85. The SMILES string of the molecule is CCCN1C[C@@H]2[C@H](CNC(=O)c3cccnc3N(C)C)[C@H]3CC[C@]2(C1)O3. The summed E-state index contributed by atoms with van der Waals surface area (Å²) in [5, 5.41) is 3.17. The molecule has 0 aliphatic carbocycles. The van der Waals surface area contributed by atoms with E-state index >= 15 is 0 Å². The predicted molar refractivity (Wildman–Crippen MR) is 101 cm³/mol. The third kappa shape index (κ3) is 2.89. The van der Waals surface area contributed by atoms with E-state index in [-0.39, 0.29) is 11.5 Å². The highest BCUT2D eigenvalue weighted by atomic mass is 16.5. The minimum Gasteiger partial charge on any atom is -0.370 e. The maximum atomic E-state index is 12.8. The molecule has 1 aromatic rings. The number of aromatic nitrogens is 1. The van der Waals surface area contributed by atoms with Crippen molar-refractivity contribution in [2.24, 2.45) is 11.8 Å². The number of fused-ring (bicyclic) bond motifs is 1. The molecule has 142 valence electrons. The van der Waals surface area contributed by atoms with Crippen LogP contribution >= 0.6 is 0 Å². The fourth-order valence-electron chi connectivity index (χ4n) is 5.28. The van der Waals surface area contributed by atoms with E-state index in [0.717, 1.165) is 26.1 Å². The molecular formula is C20H30N4O2. The first kappa shape index (κ1) is 17.7. The second-order valence-corrected chi connectivity index (χ2v) is 8.24. The summed E-state index contributed by atoms with van der Waals surface area (Å²) in [5.74, 6) is 1.65.